The molecule has 5 nitrogen and oxygen atoms in total. The maximum atomic E-state index is 14.3. The van der Waals surface area contributed by atoms with Crippen molar-refractivity contribution in [2.24, 2.45) is 0 Å². The SMILES string of the molecule is O=C(c1cc(F)ccc1F)N1CCC2(CC1)OC1CCC(c3ccccc3F)N1C2=O. The number of fused-ring (bicyclic) bond motifs is 1. The maximum Gasteiger partial charge on any atom is 0.257 e. The molecule has 3 aliphatic heterocycles. The number of likely N-dealkylation sites (tertiary alicyclic amines) is 1. The van der Waals surface area contributed by atoms with Gasteiger partial charge in [-0.1, -0.05) is 18.2 Å². The molecule has 3 saturated heterocycles. The van der Waals surface area contributed by atoms with E-state index in [0.29, 0.717) is 18.4 Å². The number of nitrogens with zero attached hydrogens (tertiary/aromatic N) is 2. The summed E-state index contributed by atoms with van der Waals surface area (Å²) in [6.45, 7) is 0.372. The molecule has 0 aromatic heterocycles. The number of rotatable bonds is 2. The summed E-state index contributed by atoms with van der Waals surface area (Å²) in [5.74, 6) is -2.62. The predicted octanol–water partition coefficient (Wildman–Crippen LogP) is 3.80. The summed E-state index contributed by atoms with van der Waals surface area (Å²) in [6.07, 6.45) is 1.33. The first-order valence-electron chi connectivity index (χ1n) is 10.4. The van der Waals surface area contributed by atoms with Crippen LogP contribution < -0.4 is 0 Å². The minimum absolute atomic E-state index is 0.186. The highest BCUT2D eigenvalue weighted by atomic mass is 19.1. The number of carbonyl (C=O) groups excluding carboxylic acids is 2. The van der Waals surface area contributed by atoms with Gasteiger partial charge in [0.25, 0.3) is 11.8 Å². The Morgan fingerprint density at radius 1 is 1.00 bits per heavy atom. The van der Waals surface area contributed by atoms with Crippen LogP contribution in [0.3, 0.4) is 0 Å². The molecule has 0 aliphatic carbocycles. The number of halogens is 3. The lowest BCUT2D eigenvalue weighted by molar-refractivity contribution is -0.142. The summed E-state index contributed by atoms with van der Waals surface area (Å²) in [7, 11) is 0. The normalized spacial score (nSPS) is 24.7. The Labute approximate surface area is 177 Å². The lowest BCUT2D eigenvalue weighted by Gasteiger charge is -2.37. The monoisotopic (exact) mass is 430 g/mol. The van der Waals surface area contributed by atoms with E-state index in [0.717, 1.165) is 18.2 Å². The minimum atomic E-state index is -1.06. The average Bonchev–Trinajstić information content (AvgIpc) is 3.28. The molecule has 2 atom stereocenters. The van der Waals surface area contributed by atoms with Gasteiger partial charge < -0.3 is 14.5 Å². The Kier molecular flexibility index (Phi) is 4.77. The van der Waals surface area contributed by atoms with Crippen LogP contribution in [0.25, 0.3) is 0 Å². The first-order chi connectivity index (χ1) is 14.9. The second-order valence-corrected chi connectivity index (χ2v) is 8.31. The van der Waals surface area contributed by atoms with Crippen molar-refractivity contribution in [3.8, 4) is 0 Å². The molecule has 0 saturated carbocycles. The first kappa shape index (κ1) is 20.1. The molecule has 3 aliphatic rings. The third-order valence-electron chi connectivity index (χ3n) is 6.60. The number of hydrogen-bond acceptors (Lipinski definition) is 3. The Morgan fingerprint density at radius 2 is 1.74 bits per heavy atom. The molecule has 8 heteroatoms. The molecule has 2 aromatic carbocycles. The minimum Gasteiger partial charge on any atom is -0.342 e. The summed E-state index contributed by atoms with van der Waals surface area (Å²) < 4.78 is 48.0. The maximum absolute atomic E-state index is 14.3. The second-order valence-electron chi connectivity index (χ2n) is 8.31. The summed E-state index contributed by atoms with van der Waals surface area (Å²) in [6, 6.07) is 8.83. The summed E-state index contributed by atoms with van der Waals surface area (Å²) in [5, 5.41) is 0. The van der Waals surface area contributed by atoms with Gasteiger partial charge in [0, 0.05) is 31.5 Å². The largest absolute Gasteiger partial charge is 0.342 e. The van der Waals surface area contributed by atoms with Crippen molar-refractivity contribution >= 4 is 11.8 Å². The molecule has 2 amide bonds. The molecule has 31 heavy (non-hydrogen) atoms. The van der Waals surface area contributed by atoms with E-state index in [9.17, 15) is 22.8 Å². The topological polar surface area (TPSA) is 49.9 Å². The molecule has 2 unspecified atom stereocenters. The van der Waals surface area contributed by atoms with Gasteiger partial charge in [0.2, 0.25) is 0 Å². The van der Waals surface area contributed by atoms with Crippen LogP contribution in [0, 0.1) is 17.5 Å². The predicted molar refractivity (Wildman–Crippen MR) is 104 cm³/mol. The van der Waals surface area contributed by atoms with Crippen molar-refractivity contribution in [1.82, 2.24) is 9.80 Å². The van der Waals surface area contributed by atoms with Crippen LogP contribution >= 0.6 is 0 Å². The van der Waals surface area contributed by atoms with Crippen LogP contribution in [-0.2, 0) is 9.53 Å². The number of amides is 2. The highest BCUT2D eigenvalue weighted by molar-refractivity contribution is 5.95. The number of hydrogen-bond donors (Lipinski definition) is 0. The Morgan fingerprint density at radius 3 is 2.48 bits per heavy atom. The smallest absolute Gasteiger partial charge is 0.257 e. The van der Waals surface area contributed by atoms with Crippen molar-refractivity contribution in [3.05, 3.63) is 71.0 Å². The van der Waals surface area contributed by atoms with E-state index in [1.807, 2.05) is 0 Å². The number of piperidine rings is 1. The summed E-state index contributed by atoms with van der Waals surface area (Å²) in [4.78, 5) is 29.1. The Bertz CT molecular complexity index is 1050. The van der Waals surface area contributed by atoms with E-state index in [4.69, 9.17) is 4.74 Å². The second kappa shape index (κ2) is 7.37. The van der Waals surface area contributed by atoms with E-state index < -0.39 is 29.4 Å². The summed E-state index contributed by atoms with van der Waals surface area (Å²) >= 11 is 0. The molecule has 1 spiro atoms. The molecule has 3 fully saturated rings. The van der Waals surface area contributed by atoms with Gasteiger partial charge >= 0.3 is 0 Å². The molecular weight excluding hydrogens is 409 g/mol. The zero-order valence-corrected chi connectivity index (χ0v) is 16.7. The van der Waals surface area contributed by atoms with Gasteiger partial charge in [-0.25, -0.2) is 13.2 Å². The quantitative estimate of drug-likeness (QED) is 0.728. The molecule has 0 bridgehead atoms. The fourth-order valence-electron chi connectivity index (χ4n) is 5.00. The third kappa shape index (κ3) is 3.20. The highest BCUT2D eigenvalue weighted by Crippen LogP contribution is 2.48. The third-order valence-corrected chi connectivity index (χ3v) is 6.60. The lowest BCUT2D eigenvalue weighted by atomic mass is 9.89. The van der Waals surface area contributed by atoms with Crippen molar-refractivity contribution in [3.63, 3.8) is 0 Å². The van der Waals surface area contributed by atoms with Crippen molar-refractivity contribution in [1.29, 1.82) is 0 Å². The van der Waals surface area contributed by atoms with E-state index in [2.05, 4.69) is 0 Å². The van der Waals surface area contributed by atoms with Crippen LogP contribution in [-0.4, -0.2) is 46.5 Å². The number of carbonyl (C=O) groups is 2. The van der Waals surface area contributed by atoms with E-state index in [1.54, 1.807) is 23.1 Å². The molecule has 0 radical (unpaired) electrons. The Balaban J connectivity index is 1.32. The van der Waals surface area contributed by atoms with E-state index in [1.165, 1.54) is 11.0 Å². The van der Waals surface area contributed by atoms with Gasteiger partial charge in [0.15, 0.2) is 5.60 Å². The molecule has 0 N–H and O–H groups in total. The average molecular weight is 430 g/mol. The van der Waals surface area contributed by atoms with Gasteiger partial charge in [0.1, 0.15) is 23.7 Å². The number of ether oxygens (including phenoxy) is 1. The van der Waals surface area contributed by atoms with Crippen LogP contribution in [0.4, 0.5) is 13.2 Å². The fourth-order valence-corrected chi connectivity index (χ4v) is 5.00. The molecule has 162 valence electrons. The van der Waals surface area contributed by atoms with E-state index >= 15 is 0 Å². The zero-order chi connectivity index (χ0) is 21.8. The molecule has 3 heterocycles. The highest BCUT2D eigenvalue weighted by Gasteiger charge is 2.58. The molecule has 5 rings (SSSR count). The summed E-state index contributed by atoms with van der Waals surface area (Å²) in [5.41, 5.74) is -0.908. The van der Waals surface area contributed by atoms with Crippen LogP contribution in [0.15, 0.2) is 42.5 Å². The van der Waals surface area contributed by atoms with Crippen LogP contribution in [0.1, 0.15) is 47.6 Å². The van der Waals surface area contributed by atoms with Gasteiger partial charge in [-0.3, -0.25) is 9.59 Å². The van der Waals surface area contributed by atoms with Gasteiger partial charge in [0.05, 0.1) is 11.6 Å². The number of benzene rings is 2. The fraction of sp³-hybridized carbons (Fsp3) is 0.391. The standard InChI is InChI=1S/C23H21F3N2O3/c24-14-5-6-18(26)16(13-14)21(29)27-11-9-23(10-12-27)22(30)28-19(7-8-20(28)31-23)15-3-1-2-4-17(15)25/h1-6,13,19-20H,7-12H2. The van der Waals surface area contributed by atoms with Gasteiger partial charge in [-0.2, -0.15) is 0 Å². The molecule has 2 aromatic rings. The van der Waals surface area contributed by atoms with Crippen molar-refractivity contribution < 1.29 is 27.5 Å². The van der Waals surface area contributed by atoms with Crippen molar-refractivity contribution in [2.45, 2.75) is 43.6 Å². The van der Waals surface area contributed by atoms with Gasteiger partial charge in [-0.05, 0) is 37.1 Å². The zero-order valence-electron chi connectivity index (χ0n) is 16.7. The van der Waals surface area contributed by atoms with Crippen molar-refractivity contribution in [2.75, 3.05) is 13.1 Å². The molecular formula is C23H21F3N2O3. The van der Waals surface area contributed by atoms with Gasteiger partial charge in [-0.15, -0.1) is 0 Å². The Hall–Kier alpha value is -2.87. The van der Waals surface area contributed by atoms with Crippen LogP contribution in [0.5, 0.6) is 0 Å². The van der Waals surface area contributed by atoms with Crippen LogP contribution in [0.2, 0.25) is 0 Å². The van der Waals surface area contributed by atoms with E-state index in [-0.39, 0.29) is 49.3 Å². The lowest BCUT2D eigenvalue weighted by Crippen LogP contribution is -2.51. The first-order valence-corrected chi connectivity index (χ1v) is 10.4.